The van der Waals surface area contributed by atoms with E-state index in [0.29, 0.717) is 12.8 Å². The fraction of sp³-hybridized carbons (Fsp3) is 0.286. The summed E-state index contributed by atoms with van der Waals surface area (Å²) in [5.41, 5.74) is -0.282. The van der Waals surface area contributed by atoms with Crippen LogP contribution in [0.5, 0.6) is 0 Å². The van der Waals surface area contributed by atoms with Gasteiger partial charge in [-0.05, 0) is 24.6 Å². The van der Waals surface area contributed by atoms with Gasteiger partial charge in [0.05, 0.1) is 5.56 Å². The zero-order valence-electron chi connectivity index (χ0n) is 10.9. The van der Waals surface area contributed by atoms with E-state index in [4.69, 9.17) is 11.5 Å². The lowest BCUT2D eigenvalue weighted by Crippen LogP contribution is -2.37. The van der Waals surface area contributed by atoms with Crippen molar-refractivity contribution in [2.24, 2.45) is 0 Å². The van der Waals surface area contributed by atoms with Crippen molar-refractivity contribution in [2.75, 3.05) is 5.32 Å². The molecule has 1 atom stereocenters. The number of carbonyl (C=O) groups is 2. The van der Waals surface area contributed by atoms with Crippen molar-refractivity contribution in [1.82, 2.24) is 5.32 Å². The van der Waals surface area contributed by atoms with Crippen LogP contribution in [0.1, 0.15) is 30.1 Å². The van der Waals surface area contributed by atoms with Gasteiger partial charge in [0.25, 0.3) is 0 Å². The lowest BCUT2D eigenvalue weighted by Gasteiger charge is -2.15. The van der Waals surface area contributed by atoms with Crippen LogP contribution in [0.15, 0.2) is 18.2 Å². The van der Waals surface area contributed by atoms with E-state index in [0.717, 1.165) is 12.1 Å². The third-order valence-electron chi connectivity index (χ3n) is 2.65. The molecule has 2 amide bonds. The average molecular weight is 278 g/mol. The molecule has 0 radical (unpaired) electrons. The third-order valence-corrected chi connectivity index (χ3v) is 2.65. The van der Waals surface area contributed by atoms with Crippen molar-refractivity contribution < 1.29 is 19.1 Å². The number of rotatable bonds is 5. The Morgan fingerprint density at radius 1 is 1.50 bits per heavy atom. The van der Waals surface area contributed by atoms with Crippen LogP contribution in [0.4, 0.5) is 14.9 Å². The Morgan fingerprint density at radius 2 is 2.20 bits per heavy atom. The Morgan fingerprint density at radius 3 is 2.70 bits per heavy atom. The highest BCUT2D eigenvalue weighted by Crippen LogP contribution is 2.14. The second kappa shape index (κ2) is 7.14. The summed E-state index contributed by atoms with van der Waals surface area (Å²) in [5, 5.41) is 13.8. The lowest BCUT2D eigenvalue weighted by molar-refractivity contribution is 0.0692. The van der Waals surface area contributed by atoms with Gasteiger partial charge in [-0.2, -0.15) is 0 Å². The summed E-state index contributed by atoms with van der Waals surface area (Å²) in [5.74, 6) is 0.176. The summed E-state index contributed by atoms with van der Waals surface area (Å²) in [7, 11) is 0. The molecule has 0 fully saturated rings. The summed E-state index contributed by atoms with van der Waals surface area (Å²) in [6, 6.07) is 2.67. The molecule has 1 unspecified atom stereocenters. The molecule has 1 aromatic carbocycles. The number of nitrogens with one attached hydrogen (secondary N) is 2. The van der Waals surface area contributed by atoms with Gasteiger partial charge in [-0.25, -0.2) is 14.0 Å². The predicted octanol–water partition coefficient (Wildman–Crippen LogP) is 2.45. The maximum Gasteiger partial charge on any atom is 0.338 e. The van der Waals surface area contributed by atoms with Gasteiger partial charge < -0.3 is 15.7 Å². The summed E-state index contributed by atoms with van der Waals surface area (Å²) >= 11 is 0. The van der Waals surface area contributed by atoms with Gasteiger partial charge in [0.2, 0.25) is 0 Å². The van der Waals surface area contributed by atoms with E-state index in [2.05, 4.69) is 16.6 Å². The second-order valence-corrected chi connectivity index (χ2v) is 4.11. The number of aromatic carboxylic acids is 1. The molecule has 0 aliphatic heterocycles. The molecule has 0 heterocycles. The number of anilines is 1. The predicted molar refractivity (Wildman–Crippen MR) is 73.0 cm³/mol. The normalized spacial score (nSPS) is 11.2. The molecule has 0 aliphatic rings. The highest BCUT2D eigenvalue weighted by Gasteiger charge is 2.13. The van der Waals surface area contributed by atoms with Crippen LogP contribution in [0, 0.1) is 18.2 Å². The Bertz CT molecular complexity index is 552. The first-order valence-corrected chi connectivity index (χ1v) is 6.01. The molecule has 1 aromatic rings. The third kappa shape index (κ3) is 4.28. The number of benzene rings is 1. The van der Waals surface area contributed by atoms with Crippen molar-refractivity contribution >= 4 is 17.7 Å². The van der Waals surface area contributed by atoms with E-state index in [9.17, 15) is 14.0 Å². The Kier molecular flexibility index (Phi) is 5.54. The van der Waals surface area contributed by atoms with Crippen LogP contribution in [0.25, 0.3) is 0 Å². The van der Waals surface area contributed by atoms with Crippen LogP contribution in [-0.4, -0.2) is 23.1 Å². The molecule has 0 saturated heterocycles. The van der Waals surface area contributed by atoms with Crippen molar-refractivity contribution in [1.29, 1.82) is 0 Å². The van der Waals surface area contributed by atoms with Crippen molar-refractivity contribution in [3.63, 3.8) is 0 Å². The van der Waals surface area contributed by atoms with Crippen molar-refractivity contribution in [2.45, 2.75) is 25.8 Å². The second-order valence-electron chi connectivity index (χ2n) is 4.11. The number of carbonyl (C=O) groups excluding carboxylic acids is 1. The molecule has 5 nitrogen and oxygen atoms in total. The maximum atomic E-state index is 13.4. The molecular weight excluding hydrogens is 263 g/mol. The summed E-state index contributed by atoms with van der Waals surface area (Å²) in [6.45, 7) is 1.88. The Hall–Kier alpha value is -2.55. The molecule has 20 heavy (non-hydrogen) atoms. The quantitative estimate of drug-likeness (QED) is 0.724. The zero-order chi connectivity index (χ0) is 15.1. The molecule has 106 valence electrons. The number of carboxylic acids is 1. The molecule has 0 bridgehead atoms. The van der Waals surface area contributed by atoms with Gasteiger partial charge in [-0.1, -0.05) is 6.92 Å². The van der Waals surface area contributed by atoms with Crippen LogP contribution in [-0.2, 0) is 0 Å². The molecule has 1 rings (SSSR count). The minimum absolute atomic E-state index is 0.164. The zero-order valence-corrected chi connectivity index (χ0v) is 10.9. The van der Waals surface area contributed by atoms with Crippen LogP contribution in [0.2, 0.25) is 0 Å². The van der Waals surface area contributed by atoms with Gasteiger partial charge in [0.1, 0.15) is 5.82 Å². The van der Waals surface area contributed by atoms with E-state index >= 15 is 0 Å². The standard InChI is InChI=1S/C14H15FN2O3/c1-3-5-9(4-2)16-14(20)17-10-6-7-11(13(18)19)12(15)8-10/h1,6-9H,4-5H2,2H3,(H,18,19)(H2,16,17,20). The van der Waals surface area contributed by atoms with E-state index in [1.807, 2.05) is 6.92 Å². The first-order valence-electron chi connectivity index (χ1n) is 6.01. The number of carboxylic acid groups (broad SMARTS) is 1. The first-order chi connectivity index (χ1) is 9.47. The van der Waals surface area contributed by atoms with Crippen LogP contribution >= 0.6 is 0 Å². The number of hydrogen-bond acceptors (Lipinski definition) is 2. The van der Waals surface area contributed by atoms with Gasteiger partial charge in [-0.15, -0.1) is 12.3 Å². The van der Waals surface area contributed by atoms with E-state index in [1.54, 1.807) is 0 Å². The number of halogens is 1. The Labute approximate surface area is 116 Å². The smallest absolute Gasteiger partial charge is 0.338 e. The first kappa shape index (κ1) is 15.5. The SMILES string of the molecule is C#CCC(CC)NC(=O)Nc1ccc(C(=O)O)c(F)c1. The minimum Gasteiger partial charge on any atom is -0.478 e. The number of amides is 2. The average Bonchev–Trinajstić information content (AvgIpc) is 2.37. The molecule has 0 aliphatic carbocycles. The summed E-state index contributed by atoms with van der Waals surface area (Å²) in [6.07, 6.45) is 6.24. The Balaban J connectivity index is 2.69. The number of urea groups is 1. The van der Waals surface area contributed by atoms with Gasteiger partial charge >= 0.3 is 12.0 Å². The minimum atomic E-state index is -1.36. The fourth-order valence-electron chi connectivity index (χ4n) is 1.56. The fourth-order valence-corrected chi connectivity index (χ4v) is 1.56. The highest BCUT2D eigenvalue weighted by atomic mass is 19.1. The molecule has 0 spiro atoms. The molecular formula is C14H15FN2O3. The highest BCUT2D eigenvalue weighted by molar-refractivity contribution is 5.91. The largest absolute Gasteiger partial charge is 0.478 e. The van der Waals surface area contributed by atoms with E-state index in [1.165, 1.54) is 6.07 Å². The summed E-state index contributed by atoms with van der Waals surface area (Å²) < 4.78 is 13.4. The van der Waals surface area contributed by atoms with Crippen molar-refractivity contribution in [3.05, 3.63) is 29.6 Å². The summed E-state index contributed by atoms with van der Waals surface area (Å²) in [4.78, 5) is 22.3. The van der Waals surface area contributed by atoms with E-state index < -0.39 is 23.4 Å². The van der Waals surface area contributed by atoms with Crippen LogP contribution < -0.4 is 10.6 Å². The monoisotopic (exact) mass is 278 g/mol. The van der Waals surface area contributed by atoms with Crippen LogP contribution in [0.3, 0.4) is 0 Å². The molecule has 6 heteroatoms. The maximum absolute atomic E-state index is 13.4. The molecule has 3 N–H and O–H groups in total. The van der Waals surface area contributed by atoms with Gasteiger partial charge in [0, 0.05) is 18.2 Å². The van der Waals surface area contributed by atoms with E-state index in [-0.39, 0.29) is 11.7 Å². The van der Waals surface area contributed by atoms with Gasteiger partial charge in [-0.3, -0.25) is 0 Å². The molecule has 0 saturated carbocycles. The number of hydrogen-bond donors (Lipinski definition) is 3. The lowest BCUT2D eigenvalue weighted by atomic mass is 10.1. The van der Waals surface area contributed by atoms with Gasteiger partial charge in [0.15, 0.2) is 0 Å². The molecule has 0 aromatic heterocycles. The van der Waals surface area contributed by atoms with Crippen molar-refractivity contribution in [3.8, 4) is 12.3 Å². The topological polar surface area (TPSA) is 78.4 Å². The number of terminal acetylenes is 1.